The zero-order valence-corrected chi connectivity index (χ0v) is 28.6. The molecule has 3 aromatic rings. The summed E-state index contributed by atoms with van der Waals surface area (Å²) in [7, 11) is 0. The van der Waals surface area contributed by atoms with Gasteiger partial charge in [-0.15, -0.1) is 0 Å². The van der Waals surface area contributed by atoms with E-state index in [1.807, 2.05) is 0 Å². The van der Waals surface area contributed by atoms with Crippen molar-refractivity contribution in [1.82, 2.24) is 0 Å². The monoisotopic (exact) mass is 768 g/mol. The number of ether oxygens (including phenoxy) is 4. The Morgan fingerprint density at radius 1 is 0.491 bits per heavy atom. The Morgan fingerprint density at radius 2 is 0.830 bits per heavy atom. The highest BCUT2D eigenvalue weighted by Crippen LogP contribution is 2.40. The maximum absolute atomic E-state index is 12.9. The van der Waals surface area contributed by atoms with Crippen LogP contribution in [0.25, 0.3) is 0 Å². The number of esters is 2. The van der Waals surface area contributed by atoms with E-state index < -0.39 is 49.0 Å². The minimum atomic E-state index is -5.55. The summed E-state index contributed by atoms with van der Waals surface area (Å²) >= 11 is 0. The van der Waals surface area contributed by atoms with E-state index in [0.717, 1.165) is 0 Å². The van der Waals surface area contributed by atoms with Gasteiger partial charge in [-0.05, 0) is 93.3 Å². The van der Waals surface area contributed by atoms with Gasteiger partial charge in [-0.3, -0.25) is 0 Å². The predicted molar refractivity (Wildman–Crippen MR) is 173 cm³/mol. The fourth-order valence-electron chi connectivity index (χ4n) is 4.78. The van der Waals surface area contributed by atoms with Crippen LogP contribution in [0, 0.1) is 6.92 Å². The van der Waals surface area contributed by atoms with Crippen LogP contribution in [0.3, 0.4) is 0 Å². The van der Waals surface area contributed by atoms with Gasteiger partial charge in [0.1, 0.15) is 23.0 Å². The van der Waals surface area contributed by atoms with Crippen molar-refractivity contribution in [3.63, 3.8) is 0 Å². The number of rotatable bonds is 20. The van der Waals surface area contributed by atoms with E-state index in [0.29, 0.717) is 42.7 Å². The van der Waals surface area contributed by atoms with Gasteiger partial charge in [0, 0.05) is 18.4 Å². The largest absolute Gasteiger partial charge is 0.494 e. The minimum absolute atomic E-state index is 0.131. The highest BCUT2D eigenvalue weighted by atomic mass is 19.4. The van der Waals surface area contributed by atoms with Gasteiger partial charge >= 0.3 is 36.1 Å². The van der Waals surface area contributed by atoms with E-state index in [2.05, 4.69) is 0 Å². The average Bonchev–Trinajstić information content (AvgIpc) is 3.08. The van der Waals surface area contributed by atoms with Gasteiger partial charge in [-0.1, -0.05) is 31.7 Å². The number of unbranched alkanes of at least 4 members (excludes halogenated alkanes) is 6. The van der Waals surface area contributed by atoms with Crippen LogP contribution < -0.4 is 18.9 Å². The quantitative estimate of drug-likeness (QED) is 0.0493. The molecular weight excluding hydrogens is 730 g/mol. The van der Waals surface area contributed by atoms with E-state index >= 15 is 0 Å². The van der Waals surface area contributed by atoms with Crippen LogP contribution in [-0.4, -0.2) is 49.4 Å². The van der Waals surface area contributed by atoms with Crippen molar-refractivity contribution < 1.29 is 72.4 Å². The smallest absolute Gasteiger partial charge is 0.453 e. The van der Waals surface area contributed by atoms with Crippen LogP contribution in [0.2, 0.25) is 0 Å². The molecular formula is C37H38F10O6. The summed E-state index contributed by atoms with van der Waals surface area (Å²) in [6.07, 6.45) is -12.1. The lowest BCUT2D eigenvalue weighted by molar-refractivity contribution is -0.284. The molecule has 0 unspecified atom stereocenters. The van der Waals surface area contributed by atoms with Gasteiger partial charge in [0.25, 0.3) is 0 Å². The molecule has 0 saturated carbocycles. The lowest BCUT2D eigenvalue weighted by Gasteiger charge is -2.19. The summed E-state index contributed by atoms with van der Waals surface area (Å²) in [6, 6.07) is 16.4. The van der Waals surface area contributed by atoms with Gasteiger partial charge in [-0.2, -0.15) is 43.9 Å². The number of alkyl halides is 10. The van der Waals surface area contributed by atoms with Crippen molar-refractivity contribution in [3.05, 3.63) is 83.4 Å². The number of benzene rings is 3. The molecule has 0 atom stereocenters. The molecule has 0 amide bonds. The first-order chi connectivity index (χ1) is 24.8. The van der Waals surface area contributed by atoms with Gasteiger partial charge in [0.15, 0.2) is 0 Å². The standard InChI is InChI=1S/C37H38F10O6/c1-25-30(52-32(48)26-13-17-28(18-14-26)50-23-8-4-2-6-21-34(38,39)36(42,43)44)11-10-12-31(25)53-33(49)27-15-19-29(20-16-27)51-24-9-5-3-7-22-35(40,41)37(45,46)47/h10-20H,2-9,21-24H2,1H3. The molecule has 3 aromatic carbocycles. The van der Waals surface area contributed by atoms with Crippen LogP contribution in [0.1, 0.15) is 90.5 Å². The number of halogens is 10. The average molecular weight is 769 g/mol. The minimum Gasteiger partial charge on any atom is -0.494 e. The molecule has 53 heavy (non-hydrogen) atoms. The molecule has 0 aliphatic rings. The number of carbonyl (C=O) groups is 2. The highest BCUT2D eigenvalue weighted by Gasteiger charge is 2.57. The zero-order valence-electron chi connectivity index (χ0n) is 28.6. The second-order valence-corrected chi connectivity index (χ2v) is 12.1. The van der Waals surface area contributed by atoms with E-state index in [-0.39, 0.29) is 61.5 Å². The molecule has 0 radical (unpaired) electrons. The first kappa shape index (κ1) is 42.9. The molecule has 0 saturated heterocycles. The molecule has 0 fully saturated rings. The molecule has 0 bridgehead atoms. The van der Waals surface area contributed by atoms with Crippen molar-refractivity contribution in [2.24, 2.45) is 0 Å². The Bertz CT molecular complexity index is 1490. The molecule has 0 heterocycles. The first-order valence-corrected chi connectivity index (χ1v) is 16.7. The summed E-state index contributed by atoms with van der Waals surface area (Å²) in [6.45, 7) is 1.97. The summed E-state index contributed by atoms with van der Waals surface area (Å²) in [5.74, 6) is -9.75. The van der Waals surface area contributed by atoms with Crippen LogP contribution in [0.5, 0.6) is 23.0 Å². The third-order valence-electron chi connectivity index (χ3n) is 7.96. The maximum Gasteiger partial charge on any atom is 0.453 e. The van der Waals surface area contributed by atoms with Crippen LogP contribution >= 0.6 is 0 Å². The van der Waals surface area contributed by atoms with E-state index in [1.54, 1.807) is 6.92 Å². The molecule has 3 rings (SSSR count). The Hall–Kier alpha value is -4.50. The number of hydrogen-bond donors (Lipinski definition) is 0. The van der Waals surface area contributed by atoms with Crippen molar-refractivity contribution in [2.45, 2.75) is 95.3 Å². The fourth-order valence-corrected chi connectivity index (χ4v) is 4.78. The normalized spacial score (nSPS) is 12.4. The Labute approximate surface area is 299 Å². The SMILES string of the molecule is Cc1c(OC(=O)c2ccc(OCCCCCCC(F)(F)C(F)(F)F)cc2)cccc1OC(=O)c1ccc(OCCCCCCC(F)(F)C(F)(F)F)cc1. The number of hydrogen-bond acceptors (Lipinski definition) is 6. The molecule has 0 aliphatic heterocycles. The second-order valence-electron chi connectivity index (χ2n) is 12.1. The third kappa shape index (κ3) is 13.5. The summed E-state index contributed by atoms with van der Waals surface area (Å²) in [5, 5.41) is 0. The molecule has 16 heteroatoms. The van der Waals surface area contributed by atoms with Crippen LogP contribution in [-0.2, 0) is 0 Å². The lowest BCUT2D eigenvalue weighted by Crippen LogP contribution is -2.36. The van der Waals surface area contributed by atoms with E-state index in [1.165, 1.54) is 66.7 Å². The van der Waals surface area contributed by atoms with Gasteiger partial charge in [-0.25, -0.2) is 9.59 Å². The van der Waals surface area contributed by atoms with E-state index in [9.17, 15) is 53.5 Å². The van der Waals surface area contributed by atoms with Crippen LogP contribution in [0.15, 0.2) is 66.7 Å². The molecule has 6 nitrogen and oxygen atoms in total. The molecule has 0 spiro atoms. The topological polar surface area (TPSA) is 71.1 Å². The second kappa shape index (κ2) is 19.0. The van der Waals surface area contributed by atoms with Crippen molar-refractivity contribution >= 4 is 11.9 Å². The summed E-state index contributed by atoms with van der Waals surface area (Å²) in [4.78, 5) is 25.6. The first-order valence-electron chi connectivity index (χ1n) is 16.7. The predicted octanol–water partition coefficient (Wildman–Crippen LogP) is 11.5. The van der Waals surface area contributed by atoms with Gasteiger partial charge < -0.3 is 18.9 Å². The van der Waals surface area contributed by atoms with Crippen LogP contribution in [0.4, 0.5) is 43.9 Å². The number of carbonyl (C=O) groups excluding carboxylic acids is 2. The third-order valence-corrected chi connectivity index (χ3v) is 7.96. The summed E-state index contributed by atoms with van der Waals surface area (Å²) < 4.78 is 147. The maximum atomic E-state index is 12.9. The molecule has 0 aromatic heterocycles. The fraction of sp³-hybridized carbons (Fsp3) is 0.459. The molecule has 0 aliphatic carbocycles. The van der Waals surface area contributed by atoms with Gasteiger partial charge in [0.05, 0.1) is 24.3 Å². The van der Waals surface area contributed by atoms with E-state index in [4.69, 9.17) is 18.9 Å². The summed E-state index contributed by atoms with van der Waals surface area (Å²) in [5.41, 5.74) is 0.716. The highest BCUT2D eigenvalue weighted by molar-refractivity contribution is 5.92. The van der Waals surface area contributed by atoms with Crippen molar-refractivity contribution in [2.75, 3.05) is 13.2 Å². The van der Waals surface area contributed by atoms with Crippen molar-refractivity contribution in [3.8, 4) is 23.0 Å². The molecule has 0 N–H and O–H groups in total. The lowest BCUT2D eigenvalue weighted by atomic mass is 10.1. The molecule has 292 valence electrons. The Kier molecular flexibility index (Phi) is 15.4. The Balaban J connectivity index is 1.39. The van der Waals surface area contributed by atoms with Crippen molar-refractivity contribution in [1.29, 1.82) is 0 Å². The van der Waals surface area contributed by atoms with Gasteiger partial charge in [0.2, 0.25) is 0 Å². The zero-order chi connectivity index (χ0) is 39.3. The Morgan fingerprint density at radius 3 is 1.17 bits per heavy atom.